The first-order chi connectivity index (χ1) is 10.7. The highest BCUT2D eigenvalue weighted by atomic mass is 79.9. The molecule has 3 rings (SSSR count). The standard InChI is InChI=1S/C16H12BrN3OS/c17-11-4-3-5-12(8-11)20-15(21)9-22-16-13-6-1-2-7-14(13)18-10-19-16/h1-8,10H,9H2,(H,20,21). The highest BCUT2D eigenvalue weighted by Gasteiger charge is 2.08. The fourth-order valence-corrected chi connectivity index (χ4v) is 3.18. The molecule has 4 nitrogen and oxygen atoms in total. The average molecular weight is 374 g/mol. The Morgan fingerprint density at radius 3 is 2.86 bits per heavy atom. The van der Waals surface area contributed by atoms with Crippen LogP contribution in [0.15, 0.2) is 64.4 Å². The van der Waals surface area contributed by atoms with Gasteiger partial charge in [0.25, 0.3) is 0 Å². The van der Waals surface area contributed by atoms with Gasteiger partial charge in [-0.15, -0.1) is 0 Å². The minimum atomic E-state index is -0.0641. The number of anilines is 1. The summed E-state index contributed by atoms with van der Waals surface area (Å²) in [5.74, 6) is 0.235. The van der Waals surface area contributed by atoms with Crippen LogP contribution in [0.25, 0.3) is 10.9 Å². The molecule has 0 aliphatic carbocycles. The molecule has 0 saturated carbocycles. The fraction of sp³-hybridized carbons (Fsp3) is 0.0625. The van der Waals surface area contributed by atoms with Crippen LogP contribution in [0.1, 0.15) is 0 Å². The lowest BCUT2D eigenvalue weighted by Gasteiger charge is -2.06. The van der Waals surface area contributed by atoms with Crippen molar-refractivity contribution < 1.29 is 4.79 Å². The molecule has 3 aromatic rings. The molecular formula is C16H12BrN3OS. The van der Waals surface area contributed by atoms with E-state index in [0.29, 0.717) is 5.75 Å². The van der Waals surface area contributed by atoms with E-state index in [-0.39, 0.29) is 5.91 Å². The minimum Gasteiger partial charge on any atom is -0.325 e. The summed E-state index contributed by atoms with van der Waals surface area (Å²) in [7, 11) is 0. The van der Waals surface area contributed by atoms with Crippen LogP contribution in [0, 0.1) is 0 Å². The molecule has 0 radical (unpaired) electrons. The highest BCUT2D eigenvalue weighted by Crippen LogP contribution is 2.24. The number of benzene rings is 2. The van der Waals surface area contributed by atoms with Crippen LogP contribution in [0.2, 0.25) is 0 Å². The second kappa shape index (κ2) is 6.89. The van der Waals surface area contributed by atoms with Gasteiger partial charge in [0.05, 0.1) is 11.3 Å². The van der Waals surface area contributed by atoms with Crippen molar-refractivity contribution in [2.75, 3.05) is 11.1 Å². The molecule has 0 bridgehead atoms. The zero-order valence-corrected chi connectivity index (χ0v) is 13.9. The Hall–Kier alpha value is -1.92. The zero-order valence-electron chi connectivity index (χ0n) is 11.5. The maximum atomic E-state index is 12.0. The molecule has 0 atom stereocenters. The van der Waals surface area contributed by atoms with E-state index in [0.717, 1.165) is 26.1 Å². The van der Waals surface area contributed by atoms with E-state index >= 15 is 0 Å². The number of thioether (sulfide) groups is 1. The van der Waals surface area contributed by atoms with Crippen LogP contribution in [0.5, 0.6) is 0 Å². The van der Waals surface area contributed by atoms with Crippen molar-refractivity contribution in [2.45, 2.75) is 5.03 Å². The summed E-state index contributed by atoms with van der Waals surface area (Å²) >= 11 is 4.79. The van der Waals surface area contributed by atoms with Gasteiger partial charge in [-0.25, -0.2) is 9.97 Å². The third kappa shape index (κ3) is 3.64. The van der Waals surface area contributed by atoms with Gasteiger partial charge in [0.2, 0.25) is 5.91 Å². The summed E-state index contributed by atoms with van der Waals surface area (Å²) in [5, 5.41) is 4.65. The molecular weight excluding hydrogens is 362 g/mol. The van der Waals surface area contributed by atoms with Crippen molar-refractivity contribution in [1.29, 1.82) is 0 Å². The normalized spacial score (nSPS) is 10.6. The molecule has 110 valence electrons. The molecule has 0 aliphatic rings. The van der Waals surface area contributed by atoms with Crippen molar-refractivity contribution in [3.05, 3.63) is 59.3 Å². The third-order valence-electron chi connectivity index (χ3n) is 2.95. The van der Waals surface area contributed by atoms with Crippen molar-refractivity contribution in [1.82, 2.24) is 9.97 Å². The molecule has 1 N–H and O–H groups in total. The van der Waals surface area contributed by atoms with E-state index in [1.54, 1.807) is 0 Å². The Kier molecular flexibility index (Phi) is 4.70. The van der Waals surface area contributed by atoms with Crippen molar-refractivity contribution in [3.63, 3.8) is 0 Å². The minimum absolute atomic E-state index is 0.0641. The van der Waals surface area contributed by atoms with Crippen LogP contribution in [0.4, 0.5) is 5.69 Å². The number of nitrogens with zero attached hydrogens (tertiary/aromatic N) is 2. The van der Waals surface area contributed by atoms with Gasteiger partial charge in [0.1, 0.15) is 11.4 Å². The molecule has 0 spiro atoms. The molecule has 0 fully saturated rings. The van der Waals surface area contributed by atoms with Crippen LogP contribution >= 0.6 is 27.7 Å². The predicted molar refractivity (Wildman–Crippen MR) is 93.0 cm³/mol. The Balaban J connectivity index is 1.68. The van der Waals surface area contributed by atoms with Crippen LogP contribution in [-0.2, 0) is 4.79 Å². The van der Waals surface area contributed by atoms with Crippen molar-refractivity contribution in [3.8, 4) is 0 Å². The average Bonchev–Trinajstić information content (AvgIpc) is 2.53. The van der Waals surface area contributed by atoms with E-state index in [1.165, 1.54) is 18.1 Å². The van der Waals surface area contributed by atoms with E-state index in [9.17, 15) is 4.79 Å². The van der Waals surface area contributed by atoms with E-state index in [2.05, 4.69) is 31.2 Å². The molecule has 1 aromatic heterocycles. The van der Waals surface area contributed by atoms with Crippen LogP contribution < -0.4 is 5.32 Å². The number of amides is 1. The smallest absolute Gasteiger partial charge is 0.234 e. The third-order valence-corrected chi connectivity index (χ3v) is 4.45. The summed E-state index contributed by atoms with van der Waals surface area (Å²) in [5.41, 5.74) is 1.65. The van der Waals surface area contributed by atoms with Crippen molar-refractivity contribution in [2.24, 2.45) is 0 Å². The lowest BCUT2D eigenvalue weighted by Crippen LogP contribution is -2.14. The maximum absolute atomic E-state index is 12.0. The van der Waals surface area contributed by atoms with Gasteiger partial charge < -0.3 is 5.32 Å². The molecule has 2 aromatic carbocycles. The molecule has 0 unspecified atom stereocenters. The van der Waals surface area contributed by atoms with E-state index < -0.39 is 0 Å². The summed E-state index contributed by atoms with van der Waals surface area (Å²) in [6.07, 6.45) is 1.52. The quantitative estimate of drug-likeness (QED) is 0.551. The van der Waals surface area contributed by atoms with Crippen molar-refractivity contribution >= 4 is 50.2 Å². The molecule has 1 heterocycles. The second-order valence-corrected chi connectivity index (χ2v) is 6.42. The highest BCUT2D eigenvalue weighted by molar-refractivity contribution is 9.10. The summed E-state index contributed by atoms with van der Waals surface area (Å²) in [4.78, 5) is 20.5. The van der Waals surface area contributed by atoms with Gasteiger partial charge in [-0.05, 0) is 24.3 Å². The monoisotopic (exact) mass is 373 g/mol. The first-order valence-corrected chi connectivity index (χ1v) is 8.38. The molecule has 22 heavy (non-hydrogen) atoms. The van der Waals surface area contributed by atoms with Crippen LogP contribution in [0.3, 0.4) is 0 Å². The van der Waals surface area contributed by atoms with Gasteiger partial charge in [0, 0.05) is 15.5 Å². The van der Waals surface area contributed by atoms with E-state index in [4.69, 9.17) is 0 Å². The Bertz CT molecular complexity index is 820. The SMILES string of the molecule is O=C(CSc1ncnc2ccccc12)Nc1cccc(Br)c1. The number of halogens is 1. The number of carbonyl (C=O) groups excluding carboxylic acids is 1. The Labute approximate surface area is 140 Å². The molecule has 1 amide bonds. The van der Waals surface area contributed by atoms with Gasteiger partial charge in [0.15, 0.2) is 0 Å². The van der Waals surface area contributed by atoms with Gasteiger partial charge in [-0.3, -0.25) is 4.79 Å². The Morgan fingerprint density at radius 1 is 1.14 bits per heavy atom. The second-order valence-electron chi connectivity index (χ2n) is 4.54. The largest absolute Gasteiger partial charge is 0.325 e. The van der Waals surface area contributed by atoms with E-state index in [1.807, 2.05) is 48.5 Å². The summed E-state index contributed by atoms with van der Waals surface area (Å²) in [6.45, 7) is 0. The summed E-state index contributed by atoms with van der Waals surface area (Å²) in [6, 6.07) is 15.3. The lowest BCUT2D eigenvalue weighted by molar-refractivity contribution is -0.113. The number of hydrogen-bond acceptors (Lipinski definition) is 4. The number of rotatable bonds is 4. The molecule has 0 saturated heterocycles. The first kappa shape index (κ1) is 15.0. The maximum Gasteiger partial charge on any atom is 0.234 e. The molecule has 0 aliphatic heterocycles. The number of carbonyl (C=O) groups is 1. The van der Waals surface area contributed by atoms with Gasteiger partial charge in [-0.1, -0.05) is 52.0 Å². The summed E-state index contributed by atoms with van der Waals surface area (Å²) < 4.78 is 0.930. The van der Waals surface area contributed by atoms with Gasteiger partial charge >= 0.3 is 0 Å². The lowest BCUT2D eigenvalue weighted by atomic mass is 10.2. The first-order valence-electron chi connectivity index (χ1n) is 6.60. The number of fused-ring (bicyclic) bond motifs is 1. The number of aromatic nitrogens is 2. The molecule has 6 heteroatoms. The Morgan fingerprint density at radius 2 is 2.00 bits per heavy atom. The fourth-order valence-electron chi connectivity index (χ4n) is 1.99. The van der Waals surface area contributed by atoms with Crippen LogP contribution in [-0.4, -0.2) is 21.6 Å². The topological polar surface area (TPSA) is 54.9 Å². The number of para-hydroxylation sites is 1. The zero-order chi connectivity index (χ0) is 15.4. The van der Waals surface area contributed by atoms with Gasteiger partial charge in [-0.2, -0.15) is 0 Å². The number of nitrogens with one attached hydrogen (secondary N) is 1. The number of hydrogen-bond donors (Lipinski definition) is 1. The predicted octanol–water partition coefficient (Wildman–Crippen LogP) is 4.12.